The molecular formula is C19H27N5O2. The maximum absolute atomic E-state index is 13.2. The second-order valence-electron chi connectivity index (χ2n) is 7.36. The van der Waals surface area contributed by atoms with Crippen molar-refractivity contribution in [2.75, 3.05) is 39.3 Å². The smallest absolute Gasteiger partial charge is 0.236 e. The van der Waals surface area contributed by atoms with Crippen molar-refractivity contribution in [1.82, 2.24) is 26.0 Å². The zero-order valence-electron chi connectivity index (χ0n) is 15.0. The van der Waals surface area contributed by atoms with Crippen LogP contribution in [0.4, 0.5) is 0 Å². The van der Waals surface area contributed by atoms with Crippen molar-refractivity contribution < 1.29 is 9.59 Å². The second-order valence-corrected chi connectivity index (χ2v) is 7.36. The maximum Gasteiger partial charge on any atom is 0.236 e. The molecule has 0 radical (unpaired) electrons. The number of carbonyl (C=O) groups is 2. The summed E-state index contributed by atoms with van der Waals surface area (Å²) in [7, 11) is 0. The van der Waals surface area contributed by atoms with Crippen LogP contribution in [0, 0.1) is 5.92 Å². The van der Waals surface area contributed by atoms with Gasteiger partial charge in [0.15, 0.2) is 0 Å². The second kappa shape index (κ2) is 7.73. The molecule has 2 amide bonds. The van der Waals surface area contributed by atoms with Crippen molar-refractivity contribution in [3.8, 4) is 0 Å². The summed E-state index contributed by atoms with van der Waals surface area (Å²) in [5.41, 5.74) is 7.53. The highest BCUT2D eigenvalue weighted by Gasteiger charge is 2.39. The number of carbonyl (C=O) groups excluding carboxylic acids is 2. The number of piperidine rings is 1. The lowest BCUT2D eigenvalue weighted by Crippen LogP contribution is -2.58. The lowest BCUT2D eigenvalue weighted by atomic mass is 9.92. The van der Waals surface area contributed by atoms with E-state index in [1.54, 1.807) is 0 Å². The van der Waals surface area contributed by atoms with Crippen molar-refractivity contribution >= 4 is 11.8 Å². The van der Waals surface area contributed by atoms with Crippen LogP contribution in [0.25, 0.3) is 0 Å². The van der Waals surface area contributed by atoms with Crippen LogP contribution in [-0.2, 0) is 9.59 Å². The summed E-state index contributed by atoms with van der Waals surface area (Å²) in [4.78, 5) is 29.4. The molecule has 140 valence electrons. The molecule has 3 N–H and O–H groups in total. The van der Waals surface area contributed by atoms with E-state index in [0.717, 1.165) is 38.0 Å². The average Bonchev–Trinajstić information content (AvgIpc) is 3.18. The Kier molecular flexibility index (Phi) is 5.19. The molecule has 3 aliphatic rings. The quantitative estimate of drug-likeness (QED) is 0.703. The van der Waals surface area contributed by atoms with Gasteiger partial charge in [-0.1, -0.05) is 30.3 Å². The predicted molar refractivity (Wildman–Crippen MR) is 98.0 cm³/mol. The minimum absolute atomic E-state index is 0.00936. The van der Waals surface area contributed by atoms with Gasteiger partial charge in [0, 0.05) is 38.8 Å². The number of nitrogens with one attached hydrogen (secondary N) is 3. The molecule has 3 unspecified atom stereocenters. The molecule has 0 saturated carbocycles. The van der Waals surface area contributed by atoms with Crippen LogP contribution in [0.3, 0.4) is 0 Å². The van der Waals surface area contributed by atoms with Gasteiger partial charge in [0.2, 0.25) is 11.8 Å². The van der Waals surface area contributed by atoms with Crippen molar-refractivity contribution in [3.05, 3.63) is 35.9 Å². The first-order valence-corrected chi connectivity index (χ1v) is 9.56. The van der Waals surface area contributed by atoms with Crippen LogP contribution in [0.2, 0.25) is 0 Å². The summed E-state index contributed by atoms with van der Waals surface area (Å²) in [6.45, 7) is 4.06. The van der Waals surface area contributed by atoms with Crippen LogP contribution >= 0.6 is 0 Å². The third-order valence-electron chi connectivity index (χ3n) is 5.73. The molecule has 0 spiro atoms. The van der Waals surface area contributed by atoms with Crippen molar-refractivity contribution in [2.24, 2.45) is 5.92 Å². The third kappa shape index (κ3) is 3.47. The van der Waals surface area contributed by atoms with Gasteiger partial charge < -0.3 is 15.1 Å². The summed E-state index contributed by atoms with van der Waals surface area (Å²) in [5, 5.41) is 3.12. The summed E-state index contributed by atoms with van der Waals surface area (Å²) in [5.74, 6) is 0.223. The Morgan fingerprint density at radius 3 is 2.81 bits per heavy atom. The van der Waals surface area contributed by atoms with Gasteiger partial charge >= 0.3 is 0 Å². The number of hydrogen-bond donors (Lipinski definition) is 3. The molecule has 3 fully saturated rings. The Labute approximate surface area is 154 Å². The number of amides is 2. The first-order chi connectivity index (χ1) is 12.7. The Hall–Kier alpha value is -1.96. The molecule has 7 heteroatoms. The number of benzene rings is 1. The maximum atomic E-state index is 13.2. The molecular weight excluding hydrogens is 330 g/mol. The molecule has 0 aromatic heterocycles. The SMILES string of the molecule is O=C(C1CNNC1c1ccccc1)N1CCCC(N2CCNCC2=O)C1. The Balaban J connectivity index is 1.44. The first-order valence-electron chi connectivity index (χ1n) is 9.56. The van der Waals surface area contributed by atoms with E-state index in [9.17, 15) is 9.59 Å². The number of piperazine rings is 1. The zero-order valence-corrected chi connectivity index (χ0v) is 15.0. The van der Waals surface area contributed by atoms with Gasteiger partial charge in [-0.3, -0.25) is 15.0 Å². The molecule has 4 rings (SSSR count). The molecule has 3 aliphatic heterocycles. The Morgan fingerprint density at radius 2 is 2.00 bits per heavy atom. The summed E-state index contributed by atoms with van der Waals surface area (Å²) in [6, 6.07) is 10.3. The van der Waals surface area contributed by atoms with Crippen LogP contribution in [0.1, 0.15) is 24.4 Å². The summed E-state index contributed by atoms with van der Waals surface area (Å²) >= 11 is 0. The van der Waals surface area contributed by atoms with Gasteiger partial charge in [-0.15, -0.1) is 0 Å². The Morgan fingerprint density at radius 1 is 1.15 bits per heavy atom. The van der Waals surface area contributed by atoms with E-state index >= 15 is 0 Å². The molecule has 3 saturated heterocycles. The topological polar surface area (TPSA) is 76.7 Å². The monoisotopic (exact) mass is 357 g/mol. The summed E-state index contributed by atoms with van der Waals surface area (Å²) in [6.07, 6.45) is 1.94. The summed E-state index contributed by atoms with van der Waals surface area (Å²) < 4.78 is 0. The van der Waals surface area contributed by atoms with Gasteiger partial charge in [-0.25, -0.2) is 5.43 Å². The average molecular weight is 357 g/mol. The first kappa shape index (κ1) is 17.5. The lowest BCUT2D eigenvalue weighted by molar-refractivity contribution is -0.142. The highest BCUT2D eigenvalue weighted by atomic mass is 16.2. The fraction of sp³-hybridized carbons (Fsp3) is 0.579. The molecule has 3 atom stereocenters. The minimum atomic E-state index is -0.116. The normalized spacial score (nSPS) is 29.8. The fourth-order valence-corrected chi connectivity index (χ4v) is 4.35. The zero-order chi connectivity index (χ0) is 17.9. The van der Waals surface area contributed by atoms with E-state index in [2.05, 4.69) is 28.3 Å². The number of hydrazine groups is 1. The molecule has 1 aromatic rings. The van der Waals surface area contributed by atoms with Crippen LogP contribution in [0.5, 0.6) is 0 Å². The van der Waals surface area contributed by atoms with Crippen molar-refractivity contribution in [2.45, 2.75) is 24.9 Å². The number of rotatable bonds is 3. The lowest BCUT2D eigenvalue weighted by Gasteiger charge is -2.42. The van der Waals surface area contributed by atoms with Crippen molar-refractivity contribution in [3.63, 3.8) is 0 Å². The van der Waals surface area contributed by atoms with Gasteiger partial charge in [0.1, 0.15) is 0 Å². The van der Waals surface area contributed by atoms with E-state index in [1.807, 2.05) is 28.0 Å². The standard InChI is InChI=1S/C19H27N5O2/c25-17-12-20-8-10-24(17)15-7-4-9-23(13-15)19(26)16-11-21-22-18(16)14-5-2-1-3-6-14/h1-3,5-6,15-16,18,20-22H,4,7-13H2. The number of likely N-dealkylation sites (tertiary alicyclic amines) is 1. The van der Waals surface area contributed by atoms with Crippen molar-refractivity contribution in [1.29, 1.82) is 0 Å². The number of hydrogen-bond acceptors (Lipinski definition) is 5. The predicted octanol–water partition coefficient (Wildman–Crippen LogP) is -0.125. The van der Waals surface area contributed by atoms with E-state index in [1.165, 1.54) is 0 Å². The minimum Gasteiger partial charge on any atom is -0.340 e. The molecule has 1 aromatic carbocycles. The third-order valence-corrected chi connectivity index (χ3v) is 5.73. The van der Waals surface area contributed by atoms with Gasteiger partial charge in [-0.2, -0.15) is 0 Å². The largest absolute Gasteiger partial charge is 0.340 e. The molecule has 0 aliphatic carbocycles. The molecule has 7 nitrogen and oxygen atoms in total. The molecule has 0 bridgehead atoms. The van der Waals surface area contributed by atoms with Gasteiger partial charge in [0.05, 0.1) is 18.5 Å². The van der Waals surface area contributed by atoms with E-state index < -0.39 is 0 Å². The van der Waals surface area contributed by atoms with Crippen LogP contribution < -0.4 is 16.2 Å². The van der Waals surface area contributed by atoms with Crippen LogP contribution in [-0.4, -0.2) is 66.9 Å². The highest BCUT2D eigenvalue weighted by Crippen LogP contribution is 2.28. The number of nitrogens with zero attached hydrogens (tertiary/aromatic N) is 2. The van der Waals surface area contributed by atoms with E-state index in [4.69, 9.17) is 0 Å². The van der Waals surface area contributed by atoms with Crippen LogP contribution in [0.15, 0.2) is 30.3 Å². The van der Waals surface area contributed by atoms with E-state index in [-0.39, 0.29) is 29.8 Å². The highest BCUT2D eigenvalue weighted by molar-refractivity contribution is 5.81. The Bertz CT molecular complexity index is 653. The molecule has 3 heterocycles. The van der Waals surface area contributed by atoms with Gasteiger partial charge in [-0.05, 0) is 18.4 Å². The fourth-order valence-electron chi connectivity index (χ4n) is 4.35. The van der Waals surface area contributed by atoms with Gasteiger partial charge in [0.25, 0.3) is 0 Å². The molecule has 26 heavy (non-hydrogen) atoms. The van der Waals surface area contributed by atoms with E-state index in [0.29, 0.717) is 19.6 Å².